The normalized spacial score (nSPS) is 12.0. The van der Waals surface area contributed by atoms with Crippen molar-refractivity contribution in [3.63, 3.8) is 0 Å². The Labute approximate surface area is 182 Å². The first-order valence-electron chi connectivity index (χ1n) is 9.30. The summed E-state index contributed by atoms with van der Waals surface area (Å²) in [5.74, 6) is 1.23. The number of hydrogen-bond donors (Lipinski definition) is 1. The van der Waals surface area contributed by atoms with Gasteiger partial charge in [-0.1, -0.05) is 6.07 Å². The number of sulfonamides is 1. The minimum absolute atomic E-state index is 0.123. The van der Waals surface area contributed by atoms with Crippen LogP contribution in [0.1, 0.15) is 28.9 Å². The van der Waals surface area contributed by atoms with E-state index < -0.39 is 22.0 Å². The fourth-order valence-electron chi connectivity index (χ4n) is 2.97. The maximum absolute atomic E-state index is 13.1. The third kappa shape index (κ3) is 5.32. The lowest BCUT2D eigenvalue weighted by Gasteiger charge is -2.23. The number of anilines is 1. The molecule has 1 amide bonds. The zero-order valence-electron chi connectivity index (χ0n) is 18.7. The Bertz CT molecular complexity index is 1050. The van der Waals surface area contributed by atoms with Crippen molar-refractivity contribution < 1.29 is 32.2 Å². The molecule has 0 saturated heterocycles. The van der Waals surface area contributed by atoms with E-state index in [4.69, 9.17) is 18.9 Å². The number of nitrogens with zero attached hydrogens (tertiary/aromatic N) is 1. The van der Waals surface area contributed by atoms with Crippen LogP contribution in [0, 0.1) is 0 Å². The van der Waals surface area contributed by atoms with Crippen LogP contribution >= 0.6 is 0 Å². The van der Waals surface area contributed by atoms with E-state index in [-0.39, 0.29) is 11.3 Å². The summed E-state index contributed by atoms with van der Waals surface area (Å²) in [7, 11) is 3.68. The molecule has 0 aliphatic rings. The van der Waals surface area contributed by atoms with Crippen LogP contribution < -0.4 is 28.6 Å². The van der Waals surface area contributed by atoms with E-state index in [0.717, 1.165) is 16.1 Å². The first kappa shape index (κ1) is 24.1. The largest absolute Gasteiger partial charge is 0.493 e. The van der Waals surface area contributed by atoms with E-state index in [0.29, 0.717) is 23.0 Å². The van der Waals surface area contributed by atoms with Gasteiger partial charge in [0.2, 0.25) is 10.0 Å². The molecule has 0 radical (unpaired) electrons. The summed E-state index contributed by atoms with van der Waals surface area (Å²) in [6.45, 7) is 1.81. The Balaban J connectivity index is 2.46. The molecule has 2 aromatic carbocycles. The number of amides is 1. The molecule has 0 bridgehead atoms. The molecule has 2 rings (SSSR count). The number of carbonyl (C=O) groups is 1. The van der Waals surface area contributed by atoms with Crippen molar-refractivity contribution in [2.45, 2.75) is 13.0 Å². The van der Waals surface area contributed by atoms with Crippen molar-refractivity contribution in [1.82, 2.24) is 5.32 Å². The van der Waals surface area contributed by atoms with Gasteiger partial charge >= 0.3 is 0 Å². The minimum Gasteiger partial charge on any atom is -0.493 e. The quantitative estimate of drug-likeness (QED) is 0.624. The van der Waals surface area contributed by atoms with Crippen LogP contribution in [-0.4, -0.2) is 56.1 Å². The van der Waals surface area contributed by atoms with Gasteiger partial charge in [-0.3, -0.25) is 9.10 Å². The molecule has 0 fully saturated rings. The Kier molecular flexibility index (Phi) is 7.61. The summed E-state index contributed by atoms with van der Waals surface area (Å²) in [4.78, 5) is 13.1. The third-order valence-corrected chi connectivity index (χ3v) is 6.03. The van der Waals surface area contributed by atoms with Crippen molar-refractivity contribution in [3.05, 3.63) is 41.5 Å². The maximum atomic E-state index is 13.1. The van der Waals surface area contributed by atoms with Crippen LogP contribution in [0.2, 0.25) is 0 Å². The zero-order chi connectivity index (χ0) is 23.3. The molecule has 0 aliphatic carbocycles. The summed E-state index contributed by atoms with van der Waals surface area (Å²) >= 11 is 0. The van der Waals surface area contributed by atoms with Crippen LogP contribution in [0.25, 0.3) is 0 Å². The molecule has 2 aromatic rings. The number of rotatable bonds is 9. The number of carbonyl (C=O) groups excluding carboxylic acids is 1. The summed E-state index contributed by atoms with van der Waals surface area (Å²) in [5.41, 5.74) is 1.07. The molecule has 0 spiro atoms. The number of benzene rings is 2. The first-order chi connectivity index (χ1) is 14.6. The van der Waals surface area contributed by atoms with Gasteiger partial charge in [-0.2, -0.15) is 0 Å². The Hall–Kier alpha value is -3.14. The van der Waals surface area contributed by atoms with E-state index in [1.807, 2.05) is 6.07 Å². The Morgan fingerprint density at radius 1 is 0.903 bits per heavy atom. The fourth-order valence-corrected chi connectivity index (χ4v) is 3.48. The molecular formula is C21H28N2O7S. The molecule has 31 heavy (non-hydrogen) atoms. The summed E-state index contributed by atoms with van der Waals surface area (Å²) < 4.78 is 46.4. The van der Waals surface area contributed by atoms with Gasteiger partial charge in [0.05, 0.1) is 52.0 Å². The highest BCUT2D eigenvalue weighted by Gasteiger charge is 2.24. The Morgan fingerprint density at radius 3 is 1.94 bits per heavy atom. The van der Waals surface area contributed by atoms with Crippen LogP contribution in [0.5, 0.6) is 23.0 Å². The third-order valence-electron chi connectivity index (χ3n) is 4.84. The van der Waals surface area contributed by atoms with Gasteiger partial charge in [-0.25, -0.2) is 8.42 Å². The van der Waals surface area contributed by atoms with Crippen LogP contribution in [0.4, 0.5) is 5.69 Å². The SMILES string of the molecule is COc1ccc([C@H](C)NC(=O)c2cc(OC)c(OC)cc2N(C)S(C)(=O)=O)cc1OC. The van der Waals surface area contributed by atoms with Crippen molar-refractivity contribution in [2.24, 2.45) is 0 Å². The lowest BCUT2D eigenvalue weighted by Crippen LogP contribution is -2.31. The average Bonchev–Trinajstić information content (AvgIpc) is 2.76. The van der Waals surface area contributed by atoms with Gasteiger partial charge in [-0.05, 0) is 30.7 Å². The first-order valence-corrected chi connectivity index (χ1v) is 11.1. The fraction of sp³-hybridized carbons (Fsp3) is 0.381. The summed E-state index contributed by atoms with van der Waals surface area (Å²) in [6, 6.07) is 7.82. The smallest absolute Gasteiger partial charge is 0.254 e. The Morgan fingerprint density at radius 2 is 1.42 bits per heavy atom. The van der Waals surface area contributed by atoms with E-state index in [9.17, 15) is 13.2 Å². The number of ether oxygens (including phenoxy) is 4. The summed E-state index contributed by atoms with van der Waals surface area (Å²) in [5, 5.41) is 2.88. The highest BCUT2D eigenvalue weighted by molar-refractivity contribution is 7.92. The second-order valence-corrected chi connectivity index (χ2v) is 8.78. The van der Waals surface area contributed by atoms with Crippen LogP contribution in [0.3, 0.4) is 0 Å². The van der Waals surface area contributed by atoms with E-state index >= 15 is 0 Å². The highest BCUT2D eigenvalue weighted by Crippen LogP contribution is 2.36. The number of hydrogen-bond acceptors (Lipinski definition) is 7. The maximum Gasteiger partial charge on any atom is 0.254 e. The van der Waals surface area contributed by atoms with Crippen molar-refractivity contribution in [1.29, 1.82) is 0 Å². The topological polar surface area (TPSA) is 103 Å². The molecule has 0 aliphatic heterocycles. The van der Waals surface area contributed by atoms with Crippen LogP contribution in [0.15, 0.2) is 30.3 Å². The average molecular weight is 453 g/mol. The highest BCUT2D eigenvalue weighted by atomic mass is 32.2. The predicted molar refractivity (Wildman–Crippen MR) is 118 cm³/mol. The number of methoxy groups -OCH3 is 4. The van der Waals surface area contributed by atoms with Gasteiger partial charge in [0.1, 0.15) is 0 Å². The van der Waals surface area contributed by atoms with Crippen molar-refractivity contribution >= 4 is 21.6 Å². The second kappa shape index (κ2) is 9.78. The molecule has 0 saturated carbocycles. The van der Waals surface area contributed by atoms with Gasteiger partial charge in [0.25, 0.3) is 5.91 Å². The molecular weight excluding hydrogens is 424 g/mol. The van der Waals surface area contributed by atoms with Crippen molar-refractivity contribution in [3.8, 4) is 23.0 Å². The van der Waals surface area contributed by atoms with Gasteiger partial charge in [0.15, 0.2) is 23.0 Å². The molecule has 10 heteroatoms. The number of nitrogens with one attached hydrogen (secondary N) is 1. The monoisotopic (exact) mass is 452 g/mol. The molecule has 1 atom stereocenters. The van der Waals surface area contributed by atoms with Gasteiger partial charge in [-0.15, -0.1) is 0 Å². The van der Waals surface area contributed by atoms with E-state index in [1.54, 1.807) is 26.2 Å². The summed E-state index contributed by atoms with van der Waals surface area (Å²) in [6.07, 6.45) is 1.05. The molecule has 0 aromatic heterocycles. The zero-order valence-corrected chi connectivity index (χ0v) is 19.5. The molecule has 1 N–H and O–H groups in total. The minimum atomic E-state index is -3.63. The van der Waals surface area contributed by atoms with Crippen LogP contribution in [-0.2, 0) is 10.0 Å². The molecule has 9 nitrogen and oxygen atoms in total. The molecule has 170 valence electrons. The molecule has 0 heterocycles. The standard InChI is InChI=1S/C21H28N2O7S/c1-13(14-8-9-17(27-3)18(10-14)28-4)22-21(24)15-11-19(29-5)20(30-6)12-16(15)23(2)31(7,25)26/h8-13H,1-7H3,(H,22,24)/t13-/m0/s1. The van der Waals surface area contributed by atoms with E-state index in [2.05, 4.69) is 5.32 Å². The lowest BCUT2D eigenvalue weighted by atomic mass is 10.1. The lowest BCUT2D eigenvalue weighted by molar-refractivity contribution is 0.0940. The van der Waals surface area contributed by atoms with Gasteiger partial charge < -0.3 is 24.3 Å². The van der Waals surface area contributed by atoms with Gasteiger partial charge in [0, 0.05) is 13.1 Å². The predicted octanol–water partition coefficient (Wildman–Crippen LogP) is 2.61. The van der Waals surface area contributed by atoms with Crippen molar-refractivity contribution in [2.75, 3.05) is 46.0 Å². The second-order valence-electron chi connectivity index (χ2n) is 6.76. The van der Waals surface area contributed by atoms with E-state index in [1.165, 1.54) is 40.5 Å². The molecule has 0 unspecified atom stereocenters.